The van der Waals surface area contributed by atoms with Crippen molar-refractivity contribution in [3.63, 3.8) is 0 Å². The predicted molar refractivity (Wildman–Crippen MR) is 95.2 cm³/mol. The zero-order chi connectivity index (χ0) is 14.8. The highest BCUT2D eigenvalue weighted by Crippen LogP contribution is 2.38. The first kappa shape index (κ1) is 15.6. The van der Waals surface area contributed by atoms with Gasteiger partial charge in [-0.15, -0.1) is 11.3 Å². The fourth-order valence-corrected chi connectivity index (χ4v) is 5.71. The van der Waals surface area contributed by atoms with Gasteiger partial charge in [-0.3, -0.25) is 4.68 Å². The Morgan fingerprint density at radius 1 is 1.52 bits per heavy atom. The minimum atomic E-state index is 0.229. The molecule has 3 heterocycles. The molecule has 1 unspecified atom stereocenters. The highest BCUT2D eigenvalue weighted by atomic mass is 79.9. The van der Waals surface area contributed by atoms with Crippen molar-refractivity contribution in [2.24, 2.45) is 7.05 Å². The Morgan fingerprint density at radius 2 is 2.38 bits per heavy atom. The van der Waals surface area contributed by atoms with Gasteiger partial charge in [0.25, 0.3) is 0 Å². The van der Waals surface area contributed by atoms with Crippen LogP contribution in [0.25, 0.3) is 0 Å². The Labute approximate surface area is 142 Å². The third kappa shape index (κ3) is 3.23. The molecule has 1 atom stereocenters. The molecule has 0 saturated heterocycles. The number of aromatic nitrogens is 2. The molecule has 3 rings (SSSR count). The summed E-state index contributed by atoms with van der Waals surface area (Å²) in [6, 6.07) is 2.63. The van der Waals surface area contributed by atoms with Crippen LogP contribution in [-0.4, -0.2) is 22.1 Å². The van der Waals surface area contributed by atoms with Crippen LogP contribution in [0, 0.1) is 0 Å². The monoisotopic (exact) mass is 385 g/mol. The van der Waals surface area contributed by atoms with Crippen LogP contribution in [0.5, 0.6) is 0 Å². The Bertz CT molecular complexity index is 577. The maximum Gasteiger partial charge on any atom is 0.0853 e. The van der Waals surface area contributed by atoms with Gasteiger partial charge in [0.05, 0.1) is 22.4 Å². The summed E-state index contributed by atoms with van der Waals surface area (Å²) in [6.07, 6.45) is 4.24. The van der Waals surface area contributed by atoms with E-state index in [4.69, 9.17) is 0 Å². The average Bonchev–Trinajstić information content (AvgIpc) is 3.05. The molecule has 114 valence electrons. The first-order valence-electron chi connectivity index (χ1n) is 7.30. The molecule has 0 bridgehead atoms. The number of thiophene rings is 1. The van der Waals surface area contributed by atoms with Crippen LogP contribution in [0.2, 0.25) is 0 Å². The highest BCUT2D eigenvalue weighted by Gasteiger charge is 2.24. The van der Waals surface area contributed by atoms with Gasteiger partial charge >= 0.3 is 0 Å². The molecule has 1 N–H and O–H groups in total. The molecule has 0 aliphatic carbocycles. The van der Waals surface area contributed by atoms with Gasteiger partial charge in [-0.1, -0.05) is 6.92 Å². The SMILES string of the molecule is CCCNC(c1cc2c(s1)CCSC2)c1c(Br)cnn1C. The molecule has 6 heteroatoms. The molecular weight excluding hydrogens is 366 g/mol. The molecule has 0 spiro atoms. The summed E-state index contributed by atoms with van der Waals surface area (Å²) in [5.41, 5.74) is 2.75. The lowest BCUT2D eigenvalue weighted by molar-refractivity contribution is 0.558. The summed E-state index contributed by atoms with van der Waals surface area (Å²) in [6.45, 7) is 3.22. The van der Waals surface area contributed by atoms with Crippen molar-refractivity contribution in [1.29, 1.82) is 0 Å². The second-order valence-corrected chi connectivity index (χ2v) is 8.42. The lowest BCUT2D eigenvalue weighted by Crippen LogP contribution is -2.24. The van der Waals surface area contributed by atoms with Crippen LogP contribution in [0.3, 0.4) is 0 Å². The molecule has 21 heavy (non-hydrogen) atoms. The zero-order valence-electron chi connectivity index (χ0n) is 12.4. The van der Waals surface area contributed by atoms with Gasteiger partial charge in [0, 0.05) is 22.6 Å². The summed E-state index contributed by atoms with van der Waals surface area (Å²) in [5, 5.41) is 8.07. The Kier molecular flexibility index (Phi) is 5.09. The molecule has 1 aliphatic heterocycles. The standard InChI is InChI=1S/C15H20BrN3S2/c1-3-5-17-14(15-11(16)8-18-19(15)2)13-7-10-9-20-6-4-12(10)21-13/h7-8,14,17H,3-6,9H2,1-2H3. The van der Waals surface area contributed by atoms with E-state index >= 15 is 0 Å². The van der Waals surface area contributed by atoms with Crippen molar-refractivity contribution in [2.75, 3.05) is 12.3 Å². The van der Waals surface area contributed by atoms with E-state index in [-0.39, 0.29) is 6.04 Å². The van der Waals surface area contributed by atoms with Crippen molar-refractivity contribution in [3.8, 4) is 0 Å². The third-order valence-electron chi connectivity index (χ3n) is 3.74. The molecular formula is C15H20BrN3S2. The number of rotatable bonds is 5. The van der Waals surface area contributed by atoms with Crippen molar-refractivity contribution in [2.45, 2.75) is 31.6 Å². The normalized spacial score (nSPS) is 16.0. The second-order valence-electron chi connectivity index (χ2n) is 5.29. The van der Waals surface area contributed by atoms with Crippen molar-refractivity contribution >= 4 is 39.0 Å². The highest BCUT2D eigenvalue weighted by molar-refractivity contribution is 9.10. The van der Waals surface area contributed by atoms with Crippen molar-refractivity contribution < 1.29 is 0 Å². The minimum Gasteiger partial charge on any atom is -0.304 e. The molecule has 0 aromatic carbocycles. The fourth-order valence-electron chi connectivity index (χ4n) is 2.68. The molecule has 1 aliphatic rings. The summed E-state index contributed by atoms with van der Waals surface area (Å²) in [5.74, 6) is 2.42. The molecule has 0 radical (unpaired) electrons. The van der Waals surface area contributed by atoms with E-state index in [1.165, 1.54) is 34.1 Å². The number of halogens is 1. The number of aryl methyl sites for hydroxylation is 2. The van der Waals surface area contributed by atoms with Gasteiger partial charge in [-0.25, -0.2) is 0 Å². The maximum atomic E-state index is 4.38. The van der Waals surface area contributed by atoms with Crippen LogP contribution in [-0.2, 0) is 19.2 Å². The van der Waals surface area contributed by atoms with E-state index in [0.717, 1.165) is 17.4 Å². The van der Waals surface area contributed by atoms with Crippen LogP contribution in [0.1, 0.15) is 40.4 Å². The number of nitrogens with zero attached hydrogens (tertiary/aromatic N) is 2. The third-order valence-corrected chi connectivity index (χ3v) is 6.66. The van der Waals surface area contributed by atoms with Crippen LogP contribution < -0.4 is 5.32 Å². The topological polar surface area (TPSA) is 29.9 Å². The first-order chi connectivity index (χ1) is 10.2. The molecule has 3 nitrogen and oxygen atoms in total. The first-order valence-corrected chi connectivity index (χ1v) is 10.1. The fraction of sp³-hybridized carbons (Fsp3) is 0.533. The minimum absolute atomic E-state index is 0.229. The lowest BCUT2D eigenvalue weighted by atomic mass is 10.1. The quantitative estimate of drug-likeness (QED) is 0.838. The van der Waals surface area contributed by atoms with Crippen LogP contribution in [0.15, 0.2) is 16.7 Å². The van der Waals surface area contributed by atoms with E-state index < -0.39 is 0 Å². The Balaban J connectivity index is 1.97. The molecule has 0 amide bonds. The largest absolute Gasteiger partial charge is 0.304 e. The van der Waals surface area contributed by atoms with E-state index in [9.17, 15) is 0 Å². The lowest BCUT2D eigenvalue weighted by Gasteiger charge is -2.18. The Morgan fingerprint density at radius 3 is 3.05 bits per heavy atom. The van der Waals surface area contributed by atoms with E-state index in [2.05, 4.69) is 39.3 Å². The number of hydrogen-bond donors (Lipinski definition) is 1. The average molecular weight is 386 g/mol. The van der Waals surface area contributed by atoms with Gasteiger partial charge in [0.1, 0.15) is 0 Å². The van der Waals surface area contributed by atoms with E-state index in [1.54, 1.807) is 4.88 Å². The summed E-state index contributed by atoms with van der Waals surface area (Å²) < 4.78 is 3.06. The molecule has 2 aromatic rings. The van der Waals surface area contributed by atoms with Gasteiger partial charge < -0.3 is 5.32 Å². The predicted octanol–water partition coefficient (Wildman–Crippen LogP) is 4.12. The van der Waals surface area contributed by atoms with Gasteiger partial charge in [-0.05, 0) is 52.7 Å². The summed E-state index contributed by atoms with van der Waals surface area (Å²) in [4.78, 5) is 2.99. The second kappa shape index (κ2) is 6.86. The van der Waals surface area contributed by atoms with Gasteiger partial charge in [0.2, 0.25) is 0 Å². The van der Waals surface area contributed by atoms with Crippen LogP contribution >= 0.6 is 39.0 Å². The number of fused-ring (bicyclic) bond motifs is 1. The van der Waals surface area contributed by atoms with E-state index in [1.807, 2.05) is 41.0 Å². The van der Waals surface area contributed by atoms with Crippen LogP contribution in [0.4, 0.5) is 0 Å². The maximum absolute atomic E-state index is 4.38. The van der Waals surface area contributed by atoms with Crippen molar-refractivity contribution in [3.05, 3.63) is 37.7 Å². The molecule has 2 aromatic heterocycles. The summed E-state index contributed by atoms with van der Waals surface area (Å²) >= 11 is 7.67. The van der Waals surface area contributed by atoms with Crippen molar-refractivity contribution in [1.82, 2.24) is 15.1 Å². The Hall–Kier alpha value is -0.300. The zero-order valence-corrected chi connectivity index (χ0v) is 15.6. The van der Waals surface area contributed by atoms with Gasteiger partial charge in [0.15, 0.2) is 0 Å². The molecule has 0 saturated carbocycles. The number of nitrogens with one attached hydrogen (secondary N) is 1. The summed E-state index contributed by atoms with van der Waals surface area (Å²) in [7, 11) is 2.02. The van der Waals surface area contributed by atoms with Gasteiger partial charge in [-0.2, -0.15) is 16.9 Å². The smallest absolute Gasteiger partial charge is 0.0853 e. The number of hydrogen-bond acceptors (Lipinski definition) is 4. The van der Waals surface area contributed by atoms with E-state index in [0.29, 0.717) is 0 Å². The molecule has 0 fully saturated rings. The number of thioether (sulfide) groups is 1.